The summed E-state index contributed by atoms with van der Waals surface area (Å²) in [6, 6.07) is 0. The van der Waals surface area contributed by atoms with Gasteiger partial charge in [-0.2, -0.15) is 0 Å². The number of ketones is 1. The van der Waals surface area contributed by atoms with Gasteiger partial charge in [0.2, 0.25) is 0 Å². The van der Waals surface area contributed by atoms with Crippen molar-refractivity contribution in [2.75, 3.05) is 18.5 Å². The molecule has 0 atom stereocenters. The van der Waals surface area contributed by atoms with Crippen LogP contribution in [-0.2, 0) is 4.74 Å². The zero-order chi connectivity index (χ0) is 14.0. The maximum Gasteiger partial charge on any atom is 0.358 e. The van der Waals surface area contributed by atoms with Crippen molar-refractivity contribution in [3.05, 3.63) is 10.6 Å². The average Bonchev–Trinajstić information content (AvgIpc) is 2.93. The number of hydrogen-bond donors (Lipinski definition) is 1. The van der Waals surface area contributed by atoms with E-state index in [0.717, 1.165) is 6.54 Å². The van der Waals surface area contributed by atoms with E-state index < -0.39 is 5.97 Å². The molecule has 0 spiro atoms. The minimum atomic E-state index is -0.533. The van der Waals surface area contributed by atoms with Crippen LogP contribution in [0.1, 0.15) is 53.8 Å². The Morgan fingerprint density at radius 3 is 2.68 bits per heavy atom. The fraction of sp³-hybridized carbons (Fsp3) is 0.615. The van der Waals surface area contributed by atoms with Crippen molar-refractivity contribution in [3.8, 4) is 0 Å². The summed E-state index contributed by atoms with van der Waals surface area (Å²) in [5.74, 6) is -0.694. The molecule has 1 saturated carbocycles. The number of carbonyl (C=O) groups is 2. The normalized spacial score (nSPS) is 15.9. The van der Waals surface area contributed by atoms with Gasteiger partial charge in [0, 0.05) is 13.5 Å². The summed E-state index contributed by atoms with van der Waals surface area (Å²) in [7, 11) is 0. The fourth-order valence-electron chi connectivity index (χ4n) is 1.65. The lowest BCUT2D eigenvalue weighted by molar-refractivity contribution is 0.0517. The number of rotatable bonds is 6. The van der Waals surface area contributed by atoms with Gasteiger partial charge in [-0.15, -0.1) is 0 Å². The van der Waals surface area contributed by atoms with Gasteiger partial charge < -0.3 is 10.1 Å². The van der Waals surface area contributed by atoms with Gasteiger partial charge in [0.05, 0.1) is 6.61 Å². The highest BCUT2D eigenvalue weighted by Crippen LogP contribution is 2.45. The highest BCUT2D eigenvalue weighted by atomic mass is 32.1. The molecule has 19 heavy (non-hydrogen) atoms. The monoisotopic (exact) mass is 282 g/mol. The first-order valence-corrected chi connectivity index (χ1v) is 7.19. The van der Waals surface area contributed by atoms with Gasteiger partial charge in [-0.05, 0) is 25.2 Å². The molecule has 0 unspecified atom stereocenters. The van der Waals surface area contributed by atoms with E-state index in [0.29, 0.717) is 15.4 Å². The fourth-order valence-corrected chi connectivity index (χ4v) is 2.50. The molecule has 1 aliphatic carbocycles. The van der Waals surface area contributed by atoms with Crippen LogP contribution in [0.5, 0.6) is 0 Å². The first-order valence-electron chi connectivity index (χ1n) is 6.38. The third-order valence-electron chi connectivity index (χ3n) is 3.19. The summed E-state index contributed by atoms with van der Waals surface area (Å²) < 4.78 is 4.92. The SMILES string of the molecule is CCOC(=O)c1nc(NCC2(C)CC2)sc1C(C)=O. The van der Waals surface area contributed by atoms with Crippen LogP contribution in [0.4, 0.5) is 5.13 Å². The van der Waals surface area contributed by atoms with Gasteiger partial charge in [-0.1, -0.05) is 18.3 Å². The van der Waals surface area contributed by atoms with Crippen molar-refractivity contribution in [3.63, 3.8) is 0 Å². The molecule has 5 nitrogen and oxygen atoms in total. The van der Waals surface area contributed by atoms with Crippen molar-refractivity contribution >= 4 is 28.2 Å². The Labute approximate surface area is 116 Å². The lowest BCUT2D eigenvalue weighted by Gasteiger charge is -2.07. The van der Waals surface area contributed by atoms with Gasteiger partial charge in [-0.25, -0.2) is 9.78 Å². The highest BCUT2D eigenvalue weighted by molar-refractivity contribution is 7.17. The third-order valence-corrected chi connectivity index (χ3v) is 4.30. The van der Waals surface area contributed by atoms with Crippen molar-refractivity contribution < 1.29 is 14.3 Å². The van der Waals surface area contributed by atoms with E-state index in [1.54, 1.807) is 6.92 Å². The number of hydrogen-bond acceptors (Lipinski definition) is 6. The molecule has 1 N–H and O–H groups in total. The highest BCUT2D eigenvalue weighted by Gasteiger charge is 2.37. The predicted octanol–water partition coefficient (Wildman–Crippen LogP) is 2.73. The second kappa shape index (κ2) is 5.28. The maximum atomic E-state index is 11.7. The molecule has 0 saturated heterocycles. The van der Waals surface area contributed by atoms with E-state index in [1.807, 2.05) is 0 Å². The Balaban J connectivity index is 2.14. The molecule has 1 aromatic heterocycles. The Kier molecular flexibility index (Phi) is 3.89. The molecule has 6 heteroatoms. The largest absolute Gasteiger partial charge is 0.461 e. The Morgan fingerprint density at radius 1 is 1.47 bits per heavy atom. The van der Waals surface area contributed by atoms with Crippen LogP contribution >= 0.6 is 11.3 Å². The van der Waals surface area contributed by atoms with Crippen LogP contribution in [0.15, 0.2) is 0 Å². The quantitative estimate of drug-likeness (QED) is 0.642. The van der Waals surface area contributed by atoms with Crippen LogP contribution < -0.4 is 5.32 Å². The molecule has 2 rings (SSSR count). The molecular formula is C13H18N2O3S. The second-order valence-electron chi connectivity index (χ2n) is 5.14. The molecule has 0 radical (unpaired) electrons. The molecule has 0 aliphatic heterocycles. The molecule has 1 heterocycles. The predicted molar refractivity (Wildman–Crippen MR) is 73.9 cm³/mol. The molecule has 104 valence electrons. The summed E-state index contributed by atoms with van der Waals surface area (Å²) in [6.07, 6.45) is 2.41. The van der Waals surface area contributed by atoms with E-state index in [2.05, 4.69) is 17.2 Å². The van der Waals surface area contributed by atoms with Gasteiger partial charge in [0.1, 0.15) is 4.88 Å². The molecule has 0 bridgehead atoms. The molecule has 1 aromatic rings. The van der Waals surface area contributed by atoms with Crippen molar-refractivity contribution in [2.45, 2.75) is 33.6 Å². The second-order valence-corrected chi connectivity index (χ2v) is 6.14. The van der Waals surface area contributed by atoms with E-state index in [4.69, 9.17) is 4.74 Å². The van der Waals surface area contributed by atoms with Crippen LogP contribution in [0.25, 0.3) is 0 Å². The van der Waals surface area contributed by atoms with E-state index in [-0.39, 0.29) is 18.1 Å². The number of carbonyl (C=O) groups excluding carboxylic acids is 2. The number of Topliss-reactive ketones (excluding diaryl/α,β-unsaturated/α-hetero) is 1. The smallest absolute Gasteiger partial charge is 0.358 e. The number of thiazole rings is 1. The minimum absolute atomic E-state index is 0.128. The molecule has 1 aliphatic rings. The van der Waals surface area contributed by atoms with Crippen molar-refractivity contribution in [1.29, 1.82) is 0 Å². The maximum absolute atomic E-state index is 11.7. The lowest BCUT2D eigenvalue weighted by Crippen LogP contribution is -2.12. The van der Waals surface area contributed by atoms with Gasteiger partial charge >= 0.3 is 5.97 Å². The Hall–Kier alpha value is -1.43. The summed E-state index contributed by atoms with van der Waals surface area (Å²) >= 11 is 1.22. The van der Waals surface area contributed by atoms with E-state index in [1.165, 1.54) is 31.1 Å². The van der Waals surface area contributed by atoms with Crippen LogP contribution in [0, 0.1) is 5.41 Å². The topological polar surface area (TPSA) is 68.3 Å². The van der Waals surface area contributed by atoms with E-state index in [9.17, 15) is 9.59 Å². The summed E-state index contributed by atoms with van der Waals surface area (Å²) in [5.41, 5.74) is 0.467. The molecular weight excluding hydrogens is 264 g/mol. The van der Waals surface area contributed by atoms with Crippen LogP contribution in [0.2, 0.25) is 0 Å². The van der Waals surface area contributed by atoms with Crippen LogP contribution in [0.3, 0.4) is 0 Å². The van der Waals surface area contributed by atoms with Gasteiger partial charge in [-0.3, -0.25) is 4.79 Å². The van der Waals surface area contributed by atoms with Crippen molar-refractivity contribution in [1.82, 2.24) is 4.98 Å². The number of nitrogens with zero attached hydrogens (tertiary/aromatic N) is 1. The number of ether oxygens (including phenoxy) is 1. The number of nitrogens with one attached hydrogen (secondary N) is 1. The minimum Gasteiger partial charge on any atom is -0.461 e. The van der Waals surface area contributed by atoms with E-state index >= 15 is 0 Å². The first-order chi connectivity index (χ1) is 8.95. The van der Waals surface area contributed by atoms with Gasteiger partial charge in [0.15, 0.2) is 16.6 Å². The summed E-state index contributed by atoms with van der Waals surface area (Å²) in [6.45, 7) is 6.45. The van der Waals surface area contributed by atoms with Crippen LogP contribution in [-0.4, -0.2) is 29.9 Å². The molecule has 0 aromatic carbocycles. The molecule has 1 fully saturated rings. The number of anilines is 1. The summed E-state index contributed by atoms with van der Waals surface area (Å²) in [5, 5.41) is 3.82. The van der Waals surface area contributed by atoms with Gasteiger partial charge in [0.25, 0.3) is 0 Å². The third kappa shape index (κ3) is 3.32. The molecule has 0 amide bonds. The number of esters is 1. The zero-order valence-corrected chi connectivity index (χ0v) is 12.2. The van der Waals surface area contributed by atoms with Crippen molar-refractivity contribution in [2.24, 2.45) is 5.41 Å². The standard InChI is InChI=1S/C13H18N2O3S/c1-4-18-11(17)9-10(8(2)16)19-12(15-9)14-7-13(3)5-6-13/h4-7H2,1-3H3,(H,14,15). The average molecular weight is 282 g/mol. The lowest BCUT2D eigenvalue weighted by atomic mass is 10.1. The zero-order valence-electron chi connectivity index (χ0n) is 11.4. The Bertz CT molecular complexity index is 506. The number of aromatic nitrogens is 1. The first kappa shape index (κ1) is 14.0. The summed E-state index contributed by atoms with van der Waals surface area (Å²) in [4.78, 5) is 27.8. The Morgan fingerprint density at radius 2 is 2.16 bits per heavy atom.